The molecule has 0 aliphatic carbocycles. The van der Waals surface area contributed by atoms with Crippen molar-refractivity contribution < 1.29 is 22.7 Å². The molecule has 0 unspecified atom stereocenters. The molecule has 0 spiro atoms. The lowest BCUT2D eigenvalue weighted by atomic mass is 10.1. The number of alkyl halides is 3. The maximum absolute atomic E-state index is 13.3. The molecule has 0 saturated heterocycles. The van der Waals surface area contributed by atoms with Gasteiger partial charge in [-0.25, -0.2) is 18.6 Å². The first-order valence-corrected chi connectivity index (χ1v) is 5.83. The smallest absolute Gasteiger partial charge is 0.343 e. The molecule has 0 aliphatic heterocycles. The highest BCUT2D eigenvalue weighted by atomic mass is 79.9. The Balaban J connectivity index is 3.38. The summed E-state index contributed by atoms with van der Waals surface area (Å²) in [4.78, 5) is 14.7. The molecule has 1 aromatic rings. The van der Waals surface area contributed by atoms with Crippen LogP contribution < -0.4 is 0 Å². The Hall–Kier alpha value is -1.11. The molecule has 0 aromatic carbocycles. The number of rotatable bonds is 4. The molecule has 0 saturated carbocycles. The van der Waals surface area contributed by atoms with E-state index in [1.165, 1.54) is 6.92 Å². The van der Waals surface area contributed by atoms with E-state index in [9.17, 15) is 18.0 Å². The average molecular weight is 312 g/mol. The van der Waals surface area contributed by atoms with Crippen LogP contribution in [0.3, 0.4) is 0 Å². The Labute approximate surface area is 104 Å². The minimum absolute atomic E-state index is 0.0283. The molecule has 0 aliphatic rings. The third kappa shape index (κ3) is 2.96. The summed E-state index contributed by atoms with van der Waals surface area (Å²) in [5.41, 5.74) is -1.41. The van der Waals surface area contributed by atoms with Crippen molar-refractivity contribution in [2.45, 2.75) is 18.7 Å². The number of pyridine rings is 1. The van der Waals surface area contributed by atoms with Crippen LogP contribution in [0.25, 0.3) is 0 Å². The SMILES string of the molecule is CCOC(=O)c1c(F)ncc(CBr)c1C(F)F. The number of carbonyl (C=O) groups excluding carboxylic acids is 1. The minimum atomic E-state index is -2.97. The van der Waals surface area contributed by atoms with Gasteiger partial charge in [-0.05, 0) is 12.5 Å². The molecule has 17 heavy (non-hydrogen) atoms. The molecule has 1 heterocycles. The number of halogens is 4. The monoisotopic (exact) mass is 311 g/mol. The summed E-state index contributed by atoms with van der Waals surface area (Å²) in [5.74, 6) is -2.38. The summed E-state index contributed by atoms with van der Waals surface area (Å²) in [7, 11) is 0. The van der Waals surface area contributed by atoms with E-state index in [0.29, 0.717) is 0 Å². The van der Waals surface area contributed by atoms with Gasteiger partial charge in [-0.3, -0.25) is 0 Å². The van der Waals surface area contributed by atoms with Crippen molar-refractivity contribution in [2.24, 2.45) is 0 Å². The van der Waals surface area contributed by atoms with Gasteiger partial charge in [0, 0.05) is 17.1 Å². The third-order valence-electron chi connectivity index (χ3n) is 2.00. The molecule has 1 aromatic heterocycles. The quantitative estimate of drug-likeness (QED) is 0.487. The van der Waals surface area contributed by atoms with Gasteiger partial charge < -0.3 is 4.74 Å². The summed E-state index contributed by atoms with van der Waals surface area (Å²) >= 11 is 2.98. The highest BCUT2D eigenvalue weighted by Crippen LogP contribution is 2.29. The lowest BCUT2D eigenvalue weighted by molar-refractivity contribution is 0.0507. The van der Waals surface area contributed by atoms with Crippen LogP contribution in [-0.2, 0) is 10.1 Å². The number of ether oxygens (including phenoxy) is 1. The molecule has 0 N–H and O–H groups in total. The van der Waals surface area contributed by atoms with Crippen LogP contribution in [0.5, 0.6) is 0 Å². The zero-order valence-corrected chi connectivity index (χ0v) is 10.4. The maximum atomic E-state index is 13.3. The second-order valence-electron chi connectivity index (χ2n) is 3.02. The van der Waals surface area contributed by atoms with Crippen LogP contribution in [0.2, 0.25) is 0 Å². The zero-order chi connectivity index (χ0) is 13.0. The number of esters is 1. The first-order valence-electron chi connectivity index (χ1n) is 4.71. The van der Waals surface area contributed by atoms with Gasteiger partial charge in [-0.2, -0.15) is 4.39 Å². The van der Waals surface area contributed by atoms with Gasteiger partial charge in [-0.15, -0.1) is 0 Å². The third-order valence-corrected chi connectivity index (χ3v) is 2.60. The average Bonchev–Trinajstić information content (AvgIpc) is 2.28. The minimum Gasteiger partial charge on any atom is -0.462 e. The number of nitrogens with zero attached hydrogens (tertiary/aromatic N) is 1. The van der Waals surface area contributed by atoms with Crippen molar-refractivity contribution in [2.75, 3.05) is 6.61 Å². The molecule has 0 atom stereocenters. The van der Waals surface area contributed by atoms with Gasteiger partial charge in [0.15, 0.2) is 0 Å². The fourth-order valence-electron chi connectivity index (χ4n) is 1.29. The first-order chi connectivity index (χ1) is 8.02. The topological polar surface area (TPSA) is 39.2 Å². The molecule has 7 heteroatoms. The van der Waals surface area contributed by atoms with Gasteiger partial charge >= 0.3 is 5.97 Å². The van der Waals surface area contributed by atoms with Crippen molar-refractivity contribution in [3.8, 4) is 0 Å². The van der Waals surface area contributed by atoms with E-state index in [0.717, 1.165) is 6.20 Å². The van der Waals surface area contributed by atoms with Crippen LogP contribution >= 0.6 is 15.9 Å². The standard InChI is InChI=1S/C10H9BrF3NO2/c1-2-17-10(16)7-6(8(12)13)5(3-11)4-15-9(7)14/h4,8H,2-3H2,1H3. The van der Waals surface area contributed by atoms with Gasteiger partial charge in [-0.1, -0.05) is 15.9 Å². The molecule has 0 radical (unpaired) electrons. The van der Waals surface area contributed by atoms with Crippen molar-refractivity contribution in [1.29, 1.82) is 0 Å². The van der Waals surface area contributed by atoms with Crippen LogP contribution in [0.1, 0.15) is 34.8 Å². The number of carbonyl (C=O) groups is 1. The highest BCUT2D eigenvalue weighted by Gasteiger charge is 2.27. The first kappa shape index (κ1) is 14.0. The molecule has 1 rings (SSSR count). The normalized spacial score (nSPS) is 10.7. The summed E-state index contributed by atoms with van der Waals surface area (Å²) in [6.45, 7) is 1.47. The Morgan fingerprint density at radius 2 is 2.24 bits per heavy atom. The molecular weight excluding hydrogens is 303 g/mol. The second-order valence-corrected chi connectivity index (χ2v) is 3.58. The number of aromatic nitrogens is 1. The van der Waals surface area contributed by atoms with Crippen molar-refractivity contribution in [3.63, 3.8) is 0 Å². The predicted molar refractivity (Wildman–Crippen MR) is 57.7 cm³/mol. The lowest BCUT2D eigenvalue weighted by Gasteiger charge is -2.12. The molecular formula is C10H9BrF3NO2. The van der Waals surface area contributed by atoms with Gasteiger partial charge in [0.05, 0.1) is 6.61 Å². The highest BCUT2D eigenvalue weighted by molar-refractivity contribution is 9.08. The van der Waals surface area contributed by atoms with Gasteiger partial charge in [0.2, 0.25) is 5.95 Å². The Bertz CT molecular complexity index is 426. The molecule has 0 amide bonds. The van der Waals surface area contributed by atoms with Crippen molar-refractivity contribution in [3.05, 3.63) is 28.8 Å². The Kier molecular flexibility index (Phi) is 4.92. The van der Waals surface area contributed by atoms with Crippen molar-refractivity contribution in [1.82, 2.24) is 4.98 Å². The summed E-state index contributed by atoms with van der Waals surface area (Å²) in [6.07, 6.45) is -2.01. The van der Waals surface area contributed by atoms with E-state index in [1.54, 1.807) is 0 Å². The number of hydrogen-bond donors (Lipinski definition) is 0. The van der Waals surface area contributed by atoms with Gasteiger partial charge in [0.25, 0.3) is 6.43 Å². The molecule has 94 valence electrons. The van der Waals surface area contributed by atoms with E-state index in [2.05, 4.69) is 25.7 Å². The van der Waals surface area contributed by atoms with E-state index in [4.69, 9.17) is 0 Å². The van der Waals surface area contributed by atoms with Crippen LogP contribution in [0.4, 0.5) is 13.2 Å². The van der Waals surface area contributed by atoms with Crippen LogP contribution in [-0.4, -0.2) is 17.6 Å². The maximum Gasteiger partial charge on any atom is 0.343 e. The van der Waals surface area contributed by atoms with Crippen LogP contribution in [0, 0.1) is 5.95 Å². The largest absolute Gasteiger partial charge is 0.462 e. The van der Waals surface area contributed by atoms with Crippen molar-refractivity contribution >= 4 is 21.9 Å². The Morgan fingerprint density at radius 1 is 1.59 bits per heavy atom. The van der Waals surface area contributed by atoms with E-state index < -0.39 is 29.5 Å². The number of hydrogen-bond acceptors (Lipinski definition) is 3. The fraction of sp³-hybridized carbons (Fsp3) is 0.400. The molecule has 3 nitrogen and oxygen atoms in total. The fourth-order valence-corrected chi connectivity index (χ4v) is 1.74. The Morgan fingerprint density at radius 3 is 2.71 bits per heavy atom. The molecule has 0 bridgehead atoms. The van der Waals surface area contributed by atoms with E-state index in [-0.39, 0.29) is 17.5 Å². The summed E-state index contributed by atoms with van der Waals surface area (Å²) in [5, 5.41) is 0.0480. The lowest BCUT2D eigenvalue weighted by Crippen LogP contribution is -2.14. The van der Waals surface area contributed by atoms with Gasteiger partial charge in [0.1, 0.15) is 5.56 Å². The zero-order valence-electron chi connectivity index (χ0n) is 8.84. The van der Waals surface area contributed by atoms with E-state index in [1.807, 2.05) is 0 Å². The second kappa shape index (κ2) is 6.00. The predicted octanol–water partition coefficient (Wildman–Crippen LogP) is 3.23. The van der Waals surface area contributed by atoms with Crippen LogP contribution in [0.15, 0.2) is 6.20 Å². The van der Waals surface area contributed by atoms with E-state index >= 15 is 0 Å². The summed E-state index contributed by atoms with van der Waals surface area (Å²) < 4.78 is 43.5. The summed E-state index contributed by atoms with van der Waals surface area (Å²) in [6, 6.07) is 0. The molecule has 0 fully saturated rings.